The van der Waals surface area contributed by atoms with Crippen LogP contribution >= 0.6 is 0 Å². The van der Waals surface area contributed by atoms with E-state index in [0.29, 0.717) is 6.42 Å². The van der Waals surface area contributed by atoms with Gasteiger partial charge in [-0.1, -0.05) is 29.8 Å². The minimum atomic E-state index is -0.797. The summed E-state index contributed by atoms with van der Waals surface area (Å²) in [6.45, 7) is 4.04. The summed E-state index contributed by atoms with van der Waals surface area (Å²) in [5, 5.41) is 8.67. The number of carbonyl (C=O) groups is 1. The highest BCUT2D eigenvalue weighted by Crippen LogP contribution is 2.13. The number of hydrogen-bond donors (Lipinski definition) is 2. The second-order valence-corrected chi connectivity index (χ2v) is 4.81. The number of aromatic amines is 1. The summed E-state index contributed by atoms with van der Waals surface area (Å²) in [7, 11) is 0. The van der Waals surface area contributed by atoms with Crippen molar-refractivity contribution >= 4 is 5.97 Å². The number of carboxylic acids is 1. The second-order valence-electron chi connectivity index (χ2n) is 4.81. The molecule has 100 valence electrons. The number of aromatic nitrogens is 2. The van der Waals surface area contributed by atoms with E-state index < -0.39 is 5.97 Å². The molecule has 0 spiro atoms. The summed E-state index contributed by atoms with van der Waals surface area (Å²) in [6.07, 6.45) is 1.33. The molecule has 0 amide bonds. The fourth-order valence-electron chi connectivity index (χ4n) is 1.98. The second kappa shape index (κ2) is 5.69. The van der Waals surface area contributed by atoms with E-state index in [0.717, 1.165) is 23.6 Å². The monoisotopic (exact) mass is 258 g/mol. The fraction of sp³-hybridized carbons (Fsp3) is 0.333. The molecule has 1 aromatic heterocycles. The molecule has 0 saturated carbocycles. The molecule has 0 aliphatic rings. The number of rotatable bonds is 5. The molecule has 4 nitrogen and oxygen atoms in total. The van der Waals surface area contributed by atoms with Crippen LogP contribution in [-0.4, -0.2) is 21.0 Å². The van der Waals surface area contributed by atoms with Gasteiger partial charge >= 0.3 is 5.97 Å². The maximum absolute atomic E-state index is 10.5. The lowest BCUT2D eigenvalue weighted by Crippen LogP contribution is -1.99. The standard InChI is InChI=1S/C15H18N2O2/c1-10-3-5-12(6-4-10)9-13-11(2)16-14(17-13)7-8-15(18)19/h3-6H,7-9H2,1-2H3,(H,16,17)(H,18,19). The number of aryl methyl sites for hydroxylation is 3. The molecule has 2 aromatic rings. The van der Waals surface area contributed by atoms with Crippen LogP contribution in [0.4, 0.5) is 0 Å². The predicted octanol–water partition coefficient (Wildman–Crippen LogP) is 2.63. The molecule has 0 radical (unpaired) electrons. The third-order valence-corrected chi connectivity index (χ3v) is 3.10. The van der Waals surface area contributed by atoms with Gasteiger partial charge in [0.05, 0.1) is 12.1 Å². The Morgan fingerprint density at radius 3 is 2.58 bits per heavy atom. The molecule has 1 heterocycles. The van der Waals surface area contributed by atoms with Crippen molar-refractivity contribution in [2.24, 2.45) is 0 Å². The van der Waals surface area contributed by atoms with Crippen LogP contribution in [0, 0.1) is 13.8 Å². The molecule has 2 N–H and O–H groups in total. The van der Waals surface area contributed by atoms with Crippen molar-refractivity contribution in [1.29, 1.82) is 0 Å². The number of benzene rings is 1. The first-order valence-corrected chi connectivity index (χ1v) is 6.36. The van der Waals surface area contributed by atoms with Crippen molar-refractivity contribution in [1.82, 2.24) is 9.97 Å². The molecule has 0 unspecified atom stereocenters. The molecule has 0 fully saturated rings. The first-order valence-electron chi connectivity index (χ1n) is 6.36. The van der Waals surface area contributed by atoms with E-state index in [1.54, 1.807) is 0 Å². The van der Waals surface area contributed by atoms with Gasteiger partial charge < -0.3 is 10.1 Å². The van der Waals surface area contributed by atoms with Crippen LogP contribution in [0.15, 0.2) is 24.3 Å². The van der Waals surface area contributed by atoms with Gasteiger partial charge in [-0.15, -0.1) is 0 Å². The number of imidazole rings is 1. The van der Waals surface area contributed by atoms with Gasteiger partial charge in [0.2, 0.25) is 0 Å². The molecular formula is C15H18N2O2. The van der Waals surface area contributed by atoms with Crippen LogP contribution in [0.25, 0.3) is 0 Å². The van der Waals surface area contributed by atoms with Crippen molar-refractivity contribution in [2.75, 3.05) is 0 Å². The summed E-state index contributed by atoms with van der Waals surface area (Å²) in [5.74, 6) is -0.0452. The van der Waals surface area contributed by atoms with Gasteiger partial charge in [-0.05, 0) is 19.4 Å². The minimum Gasteiger partial charge on any atom is -0.481 e. The van der Waals surface area contributed by atoms with Crippen LogP contribution < -0.4 is 0 Å². The largest absolute Gasteiger partial charge is 0.481 e. The third-order valence-electron chi connectivity index (χ3n) is 3.10. The smallest absolute Gasteiger partial charge is 0.303 e. The highest BCUT2D eigenvalue weighted by molar-refractivity contribution is 5.66. The molecule has 0 bridgehead atoms. The zero-order valence-corrected chi connectivity index (χ0v) is 11.2. The van der Waals surface area contributed by atoms with Crippen LogP contribution in [0.2, 0.25) is 0 Å². The van der Waals surface area contributed by atoms with E-state index in [-0.39, 0.29) is 6.42 Å². The molecule has 1 aromatic carbocycles. The molecule has 19 heavy (non-hydrogen) atoms. The quantitative estimate of drug-likeness (QED) is 0.866. The summed E-state index contributed by atoms with van der Waals surface area (Å²) < 4.78 is 0. The average Bonchev–Trinajstić information content (AvgIpc) is 2.71. The molecule has 0 saturated heterocycles. The Morgan fingerprint density at radius 1 is 1.26 bits per heavy atom. The SMILES string of the molecule is Cc1ccc(Cc2nc(CCC(=O)O)[nH]c2C)cc1. The molecule has 0 aliphatic heterocycles. The van der Waals surface area contributed by atoms with E-state index in [9.17, 15) is 4.79 Å². The van der Waals surface area contributed by atoms with Crippen LogP contribution in [0.3, 0.4) is 0 Å². The third kappa shape index (κ3) is 3.68. The van der Waals surface area contributed by atoms with Crippen molar-refractivity contribution in [3.63, 3.8) is 0 Å². The molecule has 2 rings (SSSR count). The van der Waals surface area contributed by atoms with Crippen molar-refractivity contribution in [3.05, 3.63) is 52.6 Å². The Balaban J connectivity index is 2.08. The summed E-state index contributed by atoms with van der Waals surface area (Å²) in [5.41, 5.74) is 4.46. The van der Waals surface area contributed by atoms with Gasteiger partial charge in [0.1, 0.15) is 5.82 Å². The summed E-state index contributed by atoms with van der Waals surface area (Å²) in [4.78, 5) is 18.2. The number of carboxylic acid groups (broad SMARTS) is 1. The molecule has 0 aliphatic carbocycles. The number of hydrogen-bond acceptors (Lipinski definition) is 2. The molecule has 4 heteroatoms. The predicted molar refractivity (Wildman–Crippen MR) is 73.3 cm³/mol. The van der Waals surface area contributed by atoms with Gasteiger partial charge in [0.25, 0.3) is 0 Å². The zero-order chi connectivity index (χ0) is 13.8. The first-order chi connectivity index (χ1) is 9.04. The summed E-state index contributed by atoms with van der Waals surface area (Å²) in [6, 6.07) is 8.37. The Hall–Kier alpha value is -2.10. The average molecular weight is 258 g/mol. The van der Waals surface area contributed by atoms with Gasteiger partial charge in [0, 0.05) is 18.5 Å². The van der Waals surface area contributed by atoms with Gasteiger partial charge in [-0.25, -0.2) is 4.98 Å². The Bertz CT molecular complexity index is 570. The van der Waals surface area contributed by atoms with Gasteiger partial charge in [-0.3, -0.25) is 4.79 Å². The van der Waals surface area contributed by atoms with E-state index in [1.165, 1.54) is 11.1 Å². The molecular weight excluding hydrogens is 240 g/mol. The Labute approximate surface area is 112 Å². The molecule has 0 atom stereocenters. The van der Waals surface area contributed by atoms with Crippen LogP contribution in [0.5, 0.6) is 0 Å². The van der Waals surface area contributed by atoms with E-state index in [1.807, 2.05) is 6.92 Å². The highest BCUT2D eigenvalue weighted by Gasteiger charge is 2.08. The van der Waals surface area contributed by atoms with E-state index in [2.05, 4.69) is 41.2 Å². The van der Waals surface area contributed by atoms with Gasteiger partial charge in [-0.2, -0.15) is 0 Å². The minimum absolute atomic E-state index is 0.108. The Morgan fingerprint density at radius 2 is 1.95 bits per heavy atom. The number of nitrogens with zero attached hydrogens (tertiary/aromatic N) is 1. The fourth-order valence-corrected chi connectivity index (χ4v) is 1.98. The summed E-state index contributed by atoms with van der Waals surface area (Å²) >= 11 is 0. The van der Waals surface area contributed by atoms with E-state index in [4.69, 9.17) is 5.11 Å². The van der Waals surface area contributed by atoms with Crippen LogP contribution in [0.1, 0.15) is 34.8 Å². The maximum atomic E-state index is 10.5. The maximum Gasteiger partial charge on any atom is 0.303 e. The normalized spacial score (nSPS) is 10.6. The van der Waals surface area contributed by atoms with Crippen LogP contribution in [-0.2, 0) is 17.6 Å². The number of nitrogens with one attached hydrogen (secondary N) is 1. The zero-order valence-electron chi connectivity index (χ0n) is 11.2. The highest BCUT2D eigenvalue weighted by atomic mass is 16.4. The topological polar surface area (TPSA) is 66.0 Å². The lowest BCUT2D eigenvalue weighted by molar-refractivity contribution is -0.137. The Kier molecular flexibility index (Phi) is 4.00. The van der Waals surface area contributed by atoms with Crippen molar-refractivity contribution in [3.8, 4) is 0 Å². The lowest BCUT2D eigenvalue weighted by Gasteiger charge is -2.00. The first kappa shape index (κ1) is 13.3. The van der Waals surface area contributed by atoms with E-state index >= 15 is 0 Å². The number of H-pyrrole nitrogens is 1. The van der Waals surface area contributed by atoms with Crippen molar-refractivity contribution in [2.45, 2.75) is 33.1 Å². The van der Waals surface area contributed by atoms with Crippen molar-refractivity contribution < 1.29 is 9.90 Å². The lowest BCUT2D eigenvalue weighted by atomic mass is 10.1. The number of aliphatic carboxylic acids is 1. The van der Waals surface area contributed by atoms with Gasteiger partial charge in [0.15, 0.2) is 0 Å².